The lowest BCUT2D eigenvalue weighted by Crippen LogP contribution is -1.96. The van der Waals surface area contributed by atoms with Crippen molar-refractivity contribution in [3.63, 3.8) is 0 Å². The molecule has 0 N–H and O–H groups in total. The molecule has 0 aromatic heterocycles. The molecule has 48 valence electrons. The van der Waals surface area contributed by atoms with Crippen LogP contribution in [0.1, 0.15) is 0 Å². The summed E-state index contributed by atoms with van der Waals surface area (Å²) in [5.41, 5.74) is 0. The van der Waals surface area contributed by atoms with Crippen LogP contribution in [0.2, 0.25) is 0 Å². The van der Waals surface area contributed by atoms with Gasteiger partial charge in [0.15, 0.2) is 3.83 Å². The smallest absolute Gasteiger partial charge is 0.200 e. The fraction of sp³-hybridized carbons (Fsp3) is 0.333. The first-order valence-electron chi connectivity index (χ1n) is 1.52. The summed E-state index contributed by atoms with van der Waals surface area (Å²) in [5, 5.41) is 0. The third-order valence-electron chi connectivity index (χ3n) is 0.273. The van der Waals surface area contributed by atoms with Gasteiger partial charge in [-0.1, -0.05) is 0 Å². The summed E-state index contributed by atoms with van der Waals surface area (Å²) in [4.78, 5) is 0. The Morgan fingerprint density at radius 2 is 1.88 bits per heavy atom. The minimum Gasteiger partial charge on any atom is -0.200 e. The lowest BCUT2D eigenvalue weighted by molar-refractivity contribution is 0.182. The molecular formula is C3HF3I2. The Morgan fingerprint density at radius 1 is 1.50 bits per heavy atom. The van der Waals surface area contributed by atoms with Crippen LogP contribution in [0.15, 0.2) is 9.91 Å². The fourth-order valence-corrected chi connectivity index (χ4v) is 1.38. The zero-order chi connectivity index (χ0) is 6.78. The molecule has 0 amide bonds. The van der Waals surface area contributed by atoms with Crippen LogP contribution in [0.25, 0.3) is 0 Å². The molecule has 0 radical (unpaired) electrons. The van der Waals surface area contributed by atoms with Crippen LogP contribution in [-0.2, 0) is 0 Å². The van der Waals surface area contributed by atoms with Crippen molar-refractivity contribution in [2.24, 2.45) is 0 Å². The summed E-state index contributed by atoms with van der Waals surface area (Å²) < 4.78 is 30.9. The second kappa shape index (κ2) is 3.23. The SMILES string of the molecule is F/C(I)=C\C(F)(F)I. The lowest BCUT2D eigenvalue weighted by atomic mass is 10.7. The molecule has 0 aliphatic heterocycles. The maximum absolute atomic E-state index is 11.6. The van der Waals surface area contributed by atoms with Crippen LogP contribution in [0.4, 0.5) is 13.2 Å². The summed E-state index contributed by atoms with van der Waals surface area (Å²) in [6, 6.07) is 0. The van der Waals surface area contributed by atoms with E-state index >= 15 is 0 Å². The fourth-order valence-electron chi connectivity index (χ4n) is 0.124. The molecule has 0 saturated carbocycles. The summed E-state index contributed by atoms with van der Waals surface area (Å²) in [7, 11) is 0. The first-order valence-corrected chi connectivity index (χ1v) is 3.68. The summed E-state index contributed by atoms with van der Waals surface area (Å²) in [6.45, 7) is 0. The molecular weight excluding hydrogens is 347 g/mol. The molecule has 0 fully saturated rings. The van der Waals surface area contributed by atoms with E-state index in [0.717, 1.165) is 22.6 Å². The van der Waals surface area contributed by atoms with Crippen molar-refractivity contribution in [2.75, 3.05) is 0 Å². The van der Waals surface area contributed by atoms with E-state index < -0.39 is 7.76 Å². The van der Waals surface area contributed by atoms with Gasteiger partial charge in [-0.25, -0.2) is 4.39 Å². The first kappa shape index (κ1) is 8.99. The summed E-state index contributed by atoms with van der Waals surface area (Å²) in [6.07, 6.45) is 0.244. The monoisotopic (exact) mass is 348 g/mol. The zero-order valence-corrected chi connectivity index (χ0v) is 7.78. The van der Waals surface area contributed by atoms with Crippen LogP contribution >= 0.6 is 45.2 Å². The molecule has 0 aliphatic carbocycles. The van der Waals surface area contributed by atoms with Crippen molar-refractivity contribution in [1.29, 1.82) is 0 Å². The van der Waals surface area contributed by atoms with Gasteiger partial charge in [-0.2, -0.15) is 8.78 Å². The van der Waals surface area contributed by atoms with Crippen molar-refractivity contribution >= 4 is 45.2 Å². The Kier molecular flexibility index (Phi) is 3.63. The Morgan fingerprint density at radius 3 is 1.88 bits per heavy atom. The molecule has 0 aromatic rings. The van der Waals surface area contributed by atoms with Gasteiger partial charge in [-0.3, -0.25) is 0 Å². The van der Waals surface area contributed by atoms with Gasteiger partial charge in [0.25, 0.3) is 0 Å². The average Bonchev–Trinajstić information content (AvgIpc) is 1.21. The second-order valence-electron chi connectivity index (χ2n) is 0.976. The van der Waals surface area contributed by atoms with Crippen LogP contribution in [0.5, 0.6) is 0 Å². The van der Waals surface area contributed by atoms with Gasteiger partial charge in [0.2, 0.25) is 0 Å². The standard InChI is InChI=1S/C3HF3I2/c4-2(7)1-3(5,6)8/h1H/b2-1+. The van der Waals surface area contributed by atoms with E-state index in [4.69, 9.17) is 0 Å². The van der Waals surface area contributed by atoms with Crippen molar-refractivity contribution < 1.29 is 13.2 Å². The molecule has 0 aliphatic rings. The number of hydrogen-bond donors (Lipinski definition) is 0. The summed E-state index contributed by atoms with van der Waals surface area (Å²) >= 11 is 2.01. The largest absolute Gasteiger partial charge is 0.318 e. The second-order valence-corrected chi connectivity index (χ2v) is 3.44. The van der Waals surface area contributed by atoms with E-state index in [1.807, 2.05) is 0 Å². The van der Waals surface area contributed by atoms with Crippen molar-refractivity contribution in [3.05, 3.63) is 9.91 Å². The number of allylic oxidation sites excluding steroid dienone is 1. The molecule has 0 unspecified atom stereocenters. The number of halogens is 5. The molecule has 0 nitrogen and oxygen atoms in total. The van der Waals surface area contributed by atoms with Gasteiger partial charge in [0.05, 0.1) is 0 Å². The first-order chi connectivity index (χ1) is 3.42. The topological polar surface area (TPSA) is 0 Å². The Balaban J connectivity index is 3.89. The predicted molar refractivity (Wildman–Crippen MR) is 42.2 cm³/mol. The molecule has 0 spiro atoms. The van der Waals surface area contributed by atoms with E-state index in [1.54, 1.807) is 0 Å². The van der Waals surface area contributed by atoms with E-state index in [-0.39, 0.29) is 6.08 Å². The van der Waals surface area contributed by atoms with Crippen LogP contribution in [-0.4, -0.2) is 3.93 Å². The van der Waals surface area contributed by atoms with E-state index in [2.05, 4.69) is 0 Å². The van der Waals surface area contributed by atoms with Gasteiger partial charge in [-0.15, -0.1) is 0 Å². The molecule has 0 aromatic carbocycles. The average molecular weight is 348 g/mol. The lowest BCUT2D eigenvalue weighted by Gasteiger charge is -1.97. The molecule has 5 heteroatoms. The van der Waals surface area contributed by atoms with E-state index in [1.165, 1.54) is 22.6 Å². The van der Waals surface area contributed by atoms with Gasteiger partial charge in [0, 0.05) is 28.7 Å². The molecule has 0 saturated heterocycles. The Bertz CT molecular complexity index is 99.6. The molecule has 0 heterocycles. The third kappa shape index (κ3) is 6.99. The van der Waals surface area contributed by atoms with E-state index in [9.17, 15) is 13.2 Å². The van der Waals surface area contributed by atoms with Crippen molar-refractivity contribution in [3.8, 4) is 0 Å². The predicted octanol–water partition coefficient (Wildman–Crippen LogP) is 3.26. The minimum absolute atomic E-state index is 0.244. The maximum atomic E-state index is 11.6. The van der Waals surface area contributed by atoms with Gasteiger partial charge in [-0.05, 0) is 22.6 Å². The minimum atomic E-state index is -3.05. The number of rotatable bonds is 1. The molecule has 0 bridgehead atoms. The maximum Gasteiger partial charge on any atom is 0.318 e. The van der Waals surface area contributed by atoms with Gasteiger partial charge >= 0.3 is 3.93 Å². The van der Waals surface area contributed by atoms with Gasteiger partial charge in [0.1, 0.15) is 0 Å². The van der Waals surface area contributed by atoms with Gasteiger partial charge < -0.3 is 0 Å². The highest BCUT2D eigenvalue weighted by molar-refractivity contribution is 14.1. The number of alkyl halides is 3. The Hall–Kier alpha value is 0.990. The normalized spacial score (nSPS) is 14.4. The Labute approximate surface area is 71.8 Å². The van der Waals surface area contributed by atoms with Crippen molar-refractivity contribution in [2.45, 2.75) is 3.93 Å². The molecule has 0 atom stereocenters. The van der Waals surface area contributed by atoms with Crippen molar-refractivity contribution in [1.82, 2.24) is 0 Å². The quantitative estimate of drug-likeness (QED) is 0.504. The van der Waals surface area contributed by atoms with Crippen LogP contribution in [0, 0.1) is 0 Å². The molecule has 8 heavy (non-hydrogen) atoms. The van der Waals surface area contributed by atoms with E-state index in [0.29, 0.717) is 0 Å². The van der Waals surface area contributed by atoms with Crippen LogP contribution in [0.3, 0.4) is 0 Å². The molecule has 0 rings (SSSR count). The third-order valence-corrected chi connectivity index (χ3v) is 0.896. The number of hydrogen-bond acceptors (Lipinski definition) is 0. The zero-order valence-electron chi connectivity index (χ0n) is 3.47. The highest BCUT2D eigenvalue weighted by atomic mass is 127. The highest BCUT2D eigenvalue weighted by Crippen LogP contribution is 2.27. The highest BCUT2D eigenvalue weighted by Gasteiger charge is 2.20. The van der Waals surface area contributed by atoms with Crippen LogP contribution < -0.4 is 0 Å². The summed E-state index contributed by atoms with van der Waals surface area (Å²) in [5.74, 6) is 0.